The summed E-state index contributed by atoms with van der Waals surface area (Å²) in [4.78, 5) is 8.22. The van der Waals surface area contributed by atoms with Gasteiger partial charge in [-0.25, -0.2) is 0 Å². The summed E-state index contributed by atoms with van der Waals surface area (Å²) >= 11 is 10.9. The molecule has 0 aliphatic carbocycles. The summed E-state index contributed by atoms with van der Waals surface area (Å²) < 4.78 is 0. The molecule has 0 aliphatic heterocycles. The fourth-order valence-electron chi connectivity index (χ4n) is 8.67. The van der Waals surface area contributed by atoms with Crippen LogP contribution < -0.4 is 0 Å². The summed E-state index contributed by atoms with van der Waals surface area (Å²) in [5.41, 5.74) is 22.8. The second kappa shape index (κ2) is 34.2. The van der Waals surface area contributed by atoms with Crippen LogP contribution >= 0.6 is 70.6 Å². The molecular weight excluding hydrogens is 1050 g/mol. The molecule has 6 heteroatoms. The Balaban J connectivity index is 0.000000205. The Labute approximate surface area is 492 Å². The van der Waals surface area contributed by atoms with Crippen molar-refractivity contribution >= 4 is 70.6 Å². The molecule has 0 saturated carbocycles. The van der Waals surface area contributed by atoms with Crippen LogP contribution in [0.3, 0.4) is 0 Å². The third-order valence-electron chi connectivity index (χ3n) is 12.7. The minimum absolute atomic E-state index is 1.28. The van der Waals surface area contributed by atoms with Crippen molar-refractivity contribution in [2.45, 2.75) is 106 Å². The highest BCUT2D eigenvalue weighted by Gasteiger charge is 2.12. The van der Waals surface area contributed by atoms with Gasteiger partial charge in [0.1, 0.15) is 0 Å². The van der Waals surface area contributed by atoms with Gasteiger partial charge >= 0.3 is 0 Å². The molecule has 0 radical (unpaired) electrons. The van der Waals surface area contributed by atoms with Crippen molar-refractivity contribution in [2.24, 2.45) is 0 Å². The van der Waals surface area contributed by atoms with E-state index in [1.165, 1.54) is 124 Å². The quantitative estimate of drug-likeness (QED) is 0.131. The topological polar surface area (TPSA) is 0 Å². The molecule has 0 spiro atoms. The summed E-state index contributed by atoms with van der Waals surface area (Å²) in [6, 6.07) is 67.1. The van der Waals surface area contributed by atoms with E-state index in [9.17, 15) is 0 Å². The monoisotopic (exact) mass is 1130 g/mol. The van der Waals surface area contributed by atoms with E-state index >= 15 is 0 Å². The van der Waals surface area contributed by atoms with E-state index in [-0.39, 0.29) is 0 Å². The lowest BCUT2D eigenvalue weighted by molar-refractivity contribution is 1.19. The fourth-order valence-corrected chi connectivity index (χ4v) is 12.5. The van der Waals surface area contributed by atoms with Crippen LogP contribution in [0, 0.1) is 76.2 Å². The molecule has 0 heterocycles. The molecule has 9 rings (SSSR count). The third kappa shape index (κ3) is 21.0. The molecule has 0 saturated heterocycles. The van der Waals surface area contributed by atoms with Crippen LogP contribution in [0.5, 0.6) is 0 Å². The number of benzene rings is 9. The zero-order valence-electron chi connectivity index (χ0n) is 48.8. The Morgan fingerprint density at radius 2 is 0.584 bits per heavy atom. The van der Waals surface area contributed by atoms with E-state index in [0.717, 1.165) is 0 Å². The first-order valence-corrected chi connectivity index (χ1v) is 33.3. The summed E-state index contributed by atoms with van der Waals surface area (Å²) in [7, 11) is 0. The van der Waals surface area contributed by atoms with Crippen molar-refractivity contribution in [1.82, 2.24) is 0 Å². The molecule has 0 N–H and O–H groups in total. The van der Waals surface area contributed by atoms with Crippen LogP contribution in [0.1, 0.15) is 61.2 Å². The molecule has 0 aliphatic rings. The number of hydrogen-bond acceptors (Lipinski definition) is 6. The van der Waals surface area contributed by atoms with Crippen molar-refractivity contribution in [3.8, 4) is 33.4 Å². The minimum Gasteiger partial charge on any atom is -0.130 e. The normalized spacial score (nSPS) is 10.2. The van der Waals surface area contributed by atoms with E-state index in [1.54, 1.807) is 35.3 Å². The van der Waals surface area contributed by atoms with Crippen LogP contribution in [-0.2, 0) is 0 Å². The van der Waals surface area contributed by atoms with E-state index in [0.29, 0.717) is 0 Å². The van der Waals surface area contributed by atoms with E-state index in [1.807, 2.05) is 35.3 Å². The molecule has 9 aromatic carbocycles. The predicted molar refractivity (Wildman–Crippen MR) is 358 cm³/mol. The zero-order valence-corrected chi connectivity index (χ0v) is 53.7. The molecule has 0 atom stereocenters. The highest BCUT2D eigenvalue weighted by atomic mass is 32.2. The van der Waals surface area contributed by atoms with Gasteiger partial charge < -0.3 is 0 Å². The van der Waals surface area contributed by atoms with E-state index in [4.69, 9.17) is 0 Å². The molecule has 0 unspecified atom stereocenters. The average Bonchev–Trinajstić information content (AvgIpc) is 3.44. The van der Waals surface area contributed by atoms with Gasteiger partial charge in [-0.3, -0.25) is 0 Å². The van der Waals surface area contributed by atoms with Crippen LogP contribution in [-0.4, -0.2) is 37.5 Å². The third-order valence-corrected chi connectivity index (χ3v) is 17.9. The van der Waals surface area contributed by atoms with E-state index in [2.05, 4.69) is 302 Å². The first-order valence-electron chi connectivity index (χ1n) is 25.9. The van der Waals surface area contributed by atoms with Crippen LogP contribution in [0.25, 0.3) is 33.4 Å². The van der Waals surface area contributed by atoms with Crippen molar-refractivity contribution < 1.29 is 0 Å². The highest BCUT2D eigenvalue weighted by Crippen LogP contribution is 2.39. The predicted octanol–water partition coefficient (Wildman–Crippen LogP) is 22.8. The van der Waals surface area contributed by atoms with E-state index < -0.39 is 0 Å². The van der Waals surface area contributed by atoms with Gasteiger partial charge in [-0.1, -0.05) is 180 Å². The number of aryl methyl sites for hydroxylation is 11. The maximum Gasteiger partial charge on any atom is 0.0226 e. The van der Waals surface area contributed by atoms with Gasteiger partial charge in [0.05, 0.1) is 0 Å². The number of hydrogen-bond donors (Lipinski definition) is 0. The molecule has 0 bridgehead atoms. The molecule has 0 nitrogen and oxygen atoms in total. The van der Waals surface area contributed by atoms with Crippen LogP contribution in [0.15, 0.2) is 217 Å². The van der Waals surface area contributed by atoms with Gasteiger partial charge in [0.2, 0.25) is 0 Å². The maximum absolute atomic E-state index is 2.29. The van der Waals surface area contributed by atoms with Gasteiger partial charge in [0, 0.05) is 29.4 Å². The molecule has 0 amide bonds. The maximum atomic E-state index is 2.29. The lowest BCUT2D eigenvalue weighted by Gasteiger charge is -2.15. The van der Waals surface area contributed by atoms with Crippen molar-refractivity contribution in [3.05, 3.63) is 249 Å². The lowest BCUT2D eigenvalue weighted by atomic mass is 9.96. The Hall–Kier alpha value is -4.92. The molecular formula is C71H82S6. The van der Waals surface area contributed by atoms with Crippen molar-refractivity contribution in [1.29, 1.82) is 0 Å². The SMILES string of the molecule is CSc1c(-c2ccccc2)cc(C)cc1-c1ccccc1.CSc1c(C)cc(C)cc1C.CSc1cc(C)c(C)cc1C.CSc1ccc(C)cc1.CSc1ccc(C)cc1-c1ccccc1.CSc1ccc(C)cc1C. The molecule has 9 aromatic rings. The largest absolute Gasteiger partial charge is 0.130 e. The van der Waals surface area contributed by atoms with Gasteiger partial charge in [0.15, 0.2) is 0 Å². The summed E-state index contributed by atoms with van der Waals surface area (Å²) in [6.07, 6.45) is 12.7. The standard InChI is InChI=1S/C20H18S.C14H14S.2C10H14S.C9H12S.C8H10S/c1-15-13-18(16-9-5-3-6-10-16)20(21-2)19(14-15)17-11-7-4-8-12-17;1-11-8-9-14(15-2)13(10-11)12-6-4-3-5-7-12;1-7-5-9(3)10(11-4)6-8(7)2;1-7-5-8(2)10(11-4)9(3)6-7;1-7-4-5-9(10-3)8(2)6-7;1-7-3-5-8(9-2)6-4-7/h3-14H,1-2H3;3-10H,1-2H3;2*5-6H,1-4H3;4-6H,1-3H3;3-6H,1-2H3. The van der Waals surface area contributed by atoms with Gasteiger partial charge in [0.25, 0.3) is 0 Å². The Morgan fingerprint density at radius 1 is 0.221 bits per heavy atom. The first kappa shape index (κ1) is 64.6. The van der Waals surface area contributed by atoms with Crippen LogP contribution in [0.2, 0.25) is 0 Å². The van der Waals surface area contributed by atoms with Crippen LogP contribution in [0.4, 0.5) is 0 Å². The Bertz CT molecular complexity index is 3100. The molecule has 0 aromatic heterocycles. The zero-order chi connectivity index (χ0) is 56.4. The summed E-state index contributed by atoms with van der Waals surface area (Å²) in [6.45, 7) is 23.7. The lowest BCUT2D eigenvalue weighted by Crippen LogP contribution is -1.89. The summed E-state index contributed by atoms with van der Waals surface area (Å²) in [5, 5.41) is 0. The Morgan fingerprint density at radius 3 is 1.01 bits per heavy atom. The second-order valence-corrected chi connectivity index (χ2v) is 24.1. The van der Waals surface area contributed by atoms with Crippen molar-refractivity contribution in [3.63, 3.8) is 0 Å². The number of thioether (sulfide) groups is 6. The smallest absolute Gasteiger partial charge is 0.0226 e. The van der Waals surface area contributed by atoms with Gasteiger partial charge in [-0.2, -0.15) is 0 Å². The first-order chi connectivity index (χ1) is 37.0. The Kier molecular flexibility index (Phi) is 28.7. The summed E-state index contributed by atoms with van der Waals surface area (Å²) in [5.74, 6) is 0. The number of rotatable bonds is 9. The van der Waals surface area contributed by atoms with Gasteiger partial charge in [-0.05, 0) is 216 Å². The second-order valence-electron chi connectivity index (χ2n) is 19.0. The molecule has 0 fully saturated rings. The molecule has 77 heavy (non-hydrogen) atoms. The average molecular weight is 1130 g/mol. The highest BCUT2D eigenvalue weighted by molar-refractivity contribution is 7.99. The fraction of sp³-hybridized carbons (Fsp3) is 0.239. The minimum atomic E-state index is 1.28. The van der Waals surface area contributed by atoms with Crippen molar-refractivity contribution in [2.75, 3.05) is 37.5 Å². The van der Waals surface area contributed by atoms with Gasteiger partial charge in [-0.15, -0.1) is 70.6 Å². The molecule has 402 valence electrons.